The molecule has 0 radical (unpaired) electrons. The van der Waals surface area contributed by atoms with Gasteiger partial charge >= 0.3 is 6.03 Å². The first-order chi connectivity index (χ1) is 10.8. The van der Waals surface area contributed by atoms with Gasteiger partial charge in [-0.25, -0.2) is 4.79 Å². The Morgan fingerprint density at radius 1 is 1.00 bits per heavy atom. The number of aryl methyl sites for hydroxylation is 3. The minimum absolute atomic E-state index is 0.115. The summed E-state index contributed by atoms with van der Waals surface area (Å²) in [5.74, 6) is 0. The highest BCUT2D eigenvalue weighted by atomic mass is 16.2. The van der Waals surface area contributed by atoms with Crippen molar-refractivity contribution in [2.45, 2.75) is 40.0 Å². The van der Waals surface area contributed by atoms with Gasteiger partial charge in [0.15, 0.2) is 0 Å². The largest absolute Gasteiger partial charge is 0.337 e. The molecule has 0 heterocycles. The molecule has 3 heteroatoms. The average molecular weight is 310 g/mol. The summed E-state index contributed by atoms with van der Waals surface area (Å²) in [6.07, 6.45) is 0. The monoisotopic (exact) mass is 310 g/mol. The fourth-order valence-electron chi connectivity index (χ4n) is 2.83. The third-order valence-electron chi connectivity index (χ3n) is 4.16. The number of hydrogen-bond donors (Lipinski definition) is 2. The van der Waals surface area contributed by atoms with Gasteiger partial charge in [0.25, 0.3) is 0 Å². The Labute approximate surface area is 139 Å². The van der Waals surface area contributed by atoms with Crippen LogP contribution in [0, 0.1) is 20.8 Å². The molecule has 2 amide bonds. The van der Waals surface area contributed by atoms with Crippen molar-refractivity contribution in [3.8, 4) is 0 Å². The van der Waals surface area contributed by atoms with Crippen LogP contribution in [0.5, 0.6) is 0 Å². The molecule has 0 spiro atoms. The van der Waals surface area contributed by atoms with E-state index in [-0.39, 0.29) is 11.4 Å². The SMILES string of the molecule is Cc1cc(C)c(NC(=O)NCC(C)(C)c2ccccc2)c(C)c1. The van der Waals surface area contributed by atoms with Crippen LogP contribution in [0.15, 0.2) is 42.5 Å². The second kappa shape index (κ2) is 6.86. The summed E-state index contributed by atoms with van der Waals surface area (Å²) in [5.41, 5.74) is 5.36. The Morgan fingerprint density at radius 2 is 1.57 bits per heavy atom. The standard InChI is InChI=1S/C20H26N2O/c1-14-11-15(2)18(16(3)12-14)22-19(23)21-13-20(4,5)17-9-7-6-8-10-17/h6-12H,13H2,1-5H3,(H2,21,22,23). The average Bonchev–Trinajstić information content (AvgIpc) is 2.50. The van der Waals surface area contributed by atoms with E-state index in [1.165, 1.54) is 11.1 Å². The van der Waals surface area contributed by atoms with Gasteiger partial charge in [-0.1, -0.05) is 61.9 Å². The Kier molecular flexibility index (Phi) is 5.09. The van der Waals surface area contributed by atoms with Gasteiger partial charge in [-0.2, -0.15) is 0 Å². The number of benzene rings is 2. The van der Waals surface area contributed by atoms with E-state index in [1.807, 2.05) is 32.0 Å². The van der Waals surface area contributed by atoms with Gasteiger partial charge in [0.05, 0.1) is 0 Å². The molecule has 0 aliphatic heterocycles. The van der Waals surface area contributed by atoms with Gasteiger partial charge in [-0.05, 0) is 37.5 Å². The zero-order valence-corrected chi connectivity index (χ0v) is 14.7. The normalized spacial score (nSPS) is 11.2. The van der Waals surface area contributed by atoms with Crippen molar-refractivity contribution in [2.75, 3.05) is 11.9 Å². The van der Waals surface area contributed by atoms with E-state index in [4.69, 9.17) is 0 Å². The van der Waals surface area contributed by atoms with Crippen LogP contribution in [0.2, 0.25) is 0 Å². The van der Waals surface area contributed by atoms with Gasteiger partial charge in [-0.15, -0.1) is 0 Å². The Balaban J connectivity index is 2.01. The van der Waals surface area contributed by atoms with Gasteiger partial charge in [0.2, 0.25) is 0 Å². The summed E-state index contributed by atoms with van der Waals surface area (Å²) in [7, 11) is 0. The zero-order valence-electron chi connectivity index (χ0n) is 14.7. The number of anilines is 1. The molecule has 2 aromatic carbocycles. The highest BCUT2D eigenvalue weighted by molar-refractivity contribution is 5.91. The Morgan fingerprint density at radius 3 is 2.13 bits per heavy atom. The smallest absolute Gasteiger partial charge is 0.319 e. The quantitative estimate of drug-likeness (QED) is 0.843. The van der Waals surface area contributed by atoms with Crippen LogP contribution in [0.4, 0.5) is 10.5 Å². The van der Waals surface area contributed by atoms with E-state index in [2.05, 4.69) is 55.7 Å². The lowest BCUT2D eigenvalue weighted by molar-refractivity contribution is 0.249. The molecule has 122 valence electrons. The van der Waals surface area contributed by atoms with Crippen LogP contribution in [0.1, 0.15) is 36.1 Å². The highest BCUT2D eigenvalue weighted by Gasteiger charge is 2.21. The highest BCUT2D eigenvalue weighted by Crippen LogP contribution is 2.23. The van der Waals surface area contributed by atoms with E-state index in [1.54, 1.807) is 0 Å². The first-order valence-electron chi connectivity index (χ1n) is 7.98. The summed E-state index contributed by atoms with van der Waals surface area (Å²) >= 11 is 0. The Hall–Kier alpha value is -2.29. The van der Waals surface area contributed by atoms with Gasteiger partial charge in [-0.3, -0.25) is 0 Å². The van der Waals surface area contributed by atoms with Crippen LogP contribution in [0.25, 0.3) is 0 Å². The molecule has 23 heavy (non-hydrogen) atoms. The molecule has 0 atom stereocenters. The number of hydrogen-bond acceptors (Lipinski definition) is 1. The fraction of sp³-hybridized carbons (Fsp3) is 0.350. The molecule has 2 aromatic rings. The lowest BCUT2D eigenvalue weighted by atomic mass is 9.85. The lowest BCUT2D eigenvalue weighted by Gasteiger charge is -2.26. The molecule has 0 unspecified atom stereocenters. The zero-order chi connectivity index (χ0) is 17.0. The first-order valence-corrected chi connectivity index (χ1v) is 7.98. The minimum atomic E-state index is -0.163. The molecule has 0 aromatic heterocycles. The van der Waals surface area contributed by atoms with Crippen LogP contribution in [-0.4, -0.2) is 12.6 Å². The summed E-state index contributed by atoms with van der Waals surface area (Å²) in [5, 5.41) is 5.97. The number of carbonyl (C=O) groups is 1. The van der Waals surface area contributed by atoms with Crippen molar-refractivity contribution >= 4 is 11.7 Å². The molecule has 3 nitrogen and oxygen atoms in total. The fourth-order valence-corrected chi connectivity index (χ4v) is 2.83. The second-order valence-corrected chi connectivity index (χ2v) is 6.83. The summed E-state index contributed by atoms with van der Waals surface area (Å²) in [6, 6.07) is 14.2. The molecule has 2 N–H and O–H groups in total. The number of nitrogens with one attached hydrogen (secondary N) is 2. The molecule has 0 saturated heterocycles. The predicted molar refractivity (Wildman–Crippen MR) is 97.1 cm³/mol. The molecule has 0 aliphatic carbocycles. The van der Waals surface area contributed by atoms with Crippen molar-refractivity contribution in [3.63, 3.8) is 0 Å². The number of urea groups is 1. The van der Waals surface area contributed by atoms with Crippen LogP contribution in [-0.2, 0) is 5.41 Å². The molecule has 2 rings (SSSR count). The molecule has 0 aliphatic rings. The molecular formula is C20H26N2O. The van der Waals surface area contributed by atoms with Gasteiger partial charge in [0, 0.05) is 17.6 Å². The number of rotatable bonds is 4. The maximum Gasteiger partial charge on any atom is 0.319 e. The summed E-state index contributed by atoms with van der Waals surface area (Å²) < 4.78 is 0. The lowest BCUT2D eigenvalue weighted by Crippen LogP contribution is -2.39. The molecule has 0 bridgehead atoms. The van der Waals surface area contributed by atoms with E-state index in [0.29, 0.717) is 6.54 Å². The third kappa shape index (κ3) is 4.35. The maximum atomic E-state index is 12.3. The van der Waals surface area contributed by atoms with Crippen molar-refractivity contribution in [3.05, 3.63) is 64.7 Å². The van der Waals surface area contributed by atoms with E-state index in [0.717, 1.165) is 16.8 Å². The minimum Gasteiger partial charge on any atom is -0.337 e. The van der Waals surface area contributed by atoms with Gasteiger partial charge in [0.1, 0.15) is 0 Å². The second-order valence-electron chi connectivity index (χ2n) is 6.83. The summed E-state index contributed by atoms with van der Waals surface area (Å²) in [6.45, 7) is 10.9. The Bertz CT molecular complexity index is 667. The first kappa shape index (κ1) is 17.1. The molecular weight excluding hydrogens is 284 g/mol. The maximum absolute atomic E-state index is 12.3. The van der Waals surface area contributed by atoms with Crippen LogP contribution < -0.4 is 10.6 Å². The van der Waals surface area contributed by atoms with Gasteiger partial charge < -0.3 is 10.6 Å². The van der Waals surface area contributed by atoms with Crippen molar-refractivity contribution in [2.24, 2.45) is 0 Å². The van der Waals surface area contributed by atoms with Crippen molar-refractivity contribution in [1.82, 2.24) is 5.32 Å². The molecule has 0 fully saturated rings. The van der Waals surface area contributed by atoms with Crippen molar-refractivity contribution < 1.29 is 4.79 Å². The van der Waals surface area contributed by atoms with E-state index < -0.39 is 0 Å². The summed E-state index contributed by atoms with van der Waals surface area (Å²) in [4.78, 5) is 12.3. The number of carbonyl (C=O) groups excluding carboxylic acids is 1. The van der Waals surface area contributed by atoms with E-state index in [9.17, 15) is 4.79 Å². The number of amides is 2. The van der Waals surface area contributed by atoms with Crippen molar-refractivity contribution in [1.29, 1.82) is 0 Å². The predicted octanol–water partition coefficient (Wildman–Crippen LogP) is 4.71. The van der Waals surface area contributed by atoms with Crippen LogP contribution >= 0.6 is 0 Å². The van der Waals surface area contributed by atoms with Crippen LogP contribution in [0.3, 0.4) is 0 Å². The third-order valence-corrected chi connectivity index (χ3v) is 4.16. The topological polar surface area (TPSA) is 41.1 Å². The molecule has 0 saturated carbocycles. The van der Waals surface area contributed by atoms with E-state index >= 15 is 0 Å².